The number of ether oxygens (including phenoxy) is 1. The van der Waals surface area contributed by atoms with Crippen LogP contribution < -0.4 is 0 Å². The van der Waals surface area contributed by atoms with Crippen LogP contribution in [0, 0.1) is 0 Å². The molecule has 33 heavy (non-hydrogen) atoms. The molecule has 174 valence electrons. The molecular formula is C26H32N4O3. The lowest BCUT2D eigenvalue weighted by atomic mass is 9.87. The number of likely N-dealkylation sites (N-methyl/N-ethyl adjacent to an activating group) is 1. The van der Waals surface area contributed by atoms with Gasteiger partial charge in [0.1, 0.15) is 0 Å². The Hall–Kier alpha value is -3.22. The van der Waals surface area contributed by atoms with Crippen LogP contribution in [-0.2, 0) is 16.0 Å². The molecule has 7 nitrogen and oxygen atoms in total. The minimum absolute atomic E-state index is 0.00519. The lowest BCUT2D eigenvalue weighted by Gasteiger charge is -2.33. The second-order valence-corrected chi connectivity index (χ2v) is 9.36. The Morgan fingerprint density at radius 2 is 1.97 bits per heavy atom. The zero-order valence-corrected chi connectivity index (χ0v) is 20.0. The first-order valence-electron chi connectivity index (χ1n) is 11.7. The van der Waals surface area contributed by atoms with E-state index >= 15 is 0 Å². The summed E-state index contributed by atoms with van der Waals surface area (Å²) in [6.07, 6.45) is 4.62. The molecule has 7 heteroatoms. The summed E-state index contributed by atoms with van der Waals surface area (Å²) >= 11 is 0. The van der Waals surface area contributed by atoms with Gasteiger partial charge in [0, 0.05) is 18.8 Å². The Morgan fingerprint density at radius 3 is 2.70 bits per heavy atom. The number of fused-ring (bicyclic) bond motifs is 2. The van der Waals surface area contributed by atoms with E-state index in [0.717, 1.165) is 25.0 Å². The molecule has 0 spiro atoms. The molecule has 0 saturated carbocycles. The topological polar surface area (TPSA) is 77.3 Å². The van der Waals surface area contributed by atoms with Gasteiger partial charge in [-0.1, -0.05) is 38.1 Å². The number of esters is 1. The number of carbonyl (C=O) groups excluding carboxylic acids is 2. The number of pyridine rings is 1. The predicted octanol–water partition coefficient (Wildman–Crippen LogP) is 4.83. The Bertz CT molecular complexity index is 1180. The molecule has 2 heterocycles. The highest BCUT2D eigenvalue weighted by atomic mass is 16.5. The van der Waals surface area contributed by atoms with Crippen molar-refractivity contribution in [2.45, 2.75) is 65.0 Å². The molecule has 4 rings (SSSR count). The number of nitrogens with zero attached hydrogens (tertiary/aromatic N) is 4. The molecule has 1 amide bonds. The highest BCUT2D eigenvalue weighted by molar-refractivity contribution is 6.03. The van der Waals surface area contributed by atoms with Gasteiger partial charge < -0.3 is 9.64 Å². The predicted molar refractivity (Wildman–Crippen MR) is 127 cm³/mol. The summed E-state index contributed by atoms with van der Waals surface area (Å²) < 4.78 is 7.31. The van der Waals surface area contributed by atoms with E-state index in [0.29, 0.717) is 16.6 Å². The molecule has 0 bridgehead atoms. The van der Waals surface area contributed by atoms with Gasteiger partial charge in [0.2, 0.25) is 0 Å². The minimum atomic E-state index is -0.529. The number of rotatable bonds is 6. The van der Waals surface area contributed by atoms with Crippen LogP contribution in [0.5, 0.6) is 0 Å². The number of benzene rings is 1. The van der Waals surface area contributed by atoms with Crippen molar-refractivity contribution >= 4 is 22.9 Å². The molecule has 1 aliphatic carbocycles. The second-order valence-electron chi connectivity index (χ2n) is 9.36. The highest BCUT2D eigenvalue weighted by Gasteiger charge is 2.27. The summed E-state index contributed by atoms with van der Waals surface area (Å²) in [6.45, 7) is 7.80. The van der Waals surface area contributed by atoms with Gasteiger partial charge in [-0.15, -0.1) is 0 Å². The van der Waals surface area contributed by atoms with Crippen molar-refractivity contribution in [2.24, 2.45) is 0 Å². The van der Waals surface area contributed by atoms with Crippen LogP contribution in [0.25, 0.3) is 11.0 Å². The first kappa shape index (κ1) is 23.0. The summed E-state index contributed by atoms with van der Waals surface area (Å²) in [7, 11) is 1.79. The van der Waals surface area contributed by atoms with E-state index in [1.54, 1.807) is 28.9 Å². The van der Waals surface area contributed by atoms with Crippen LogP contribution in [0.3, 0.4) is 0 Å². The quantitative estimate of drug-likeness (QED) is 0.505. The molecular weight excluding hydrogens is 416 g/mol. The van der Waals surface area contributed by atoms with Crippen LogP contribution in [0.15, 0.2) is 36.5 Å². The van der Waals surface area contributed by atoms with E-state index in [2.05, 4.69) is 17.2 Å². The van der Waals surface area contributed by atoms with Crippen molar-refractivity contribution in [1.82, 2.24) is 19.7 Å². The number of hydrogen-bond acceptors (Lipinski definition) is 5. The van der Waals surface area contributed by atoms with Crippen LogP contribution in [-0.4, -0.2) is 45.2 Å². The monoisotopic (exact) mass is 448 g/mol. The standard InChI is InChI=1S/C26H32N4O3/c1-16(2)22-13-20(21-14-27-30(17(3)4)25(21)28-22)26(32)33-15-24(31)29(5)23-12-8-10-18-9-6-7-11-19(18)23/h6-7,9,11,13-14,16-17,23H,8,10,12,15H2,1-5H3. The number of aromatic nitrogens is 3. The Balaban J connectivity index is 1.53. The average molecular weight is 449 g/mol. The highest BCUT2D eigenvalue weighted by Crippen LogP contribution is 2.33. The number of amides is 1. The van der Waals surface area contributed by atoms with Crippen LogP contribution in [0.4, 0.5) is 0 Å². The largest absolute Gasteiger partial charge is 0.452 e. The Kier molecular flexibility index (Phi) is 6.49. The third-order valence-corrected chi connectivity index (χ3v) is 6.41. The van der Waals surface area contributed by atoms with E-state index < -0.39 is 5.97 Å². The van der Waals surface area contributed by atoms with E-state index in [4.69, 9.17) is 9.72 Å². The molecule has 0 radical (unpaired) electrons. The summed E-state index contributed by atoms with van der Waals surface area (Å²) in [6, 6.07) is 10.1. The minimum Gasteiger partial charge on any atom is -0.452 e. The van der Waals surface area contributed by atoms with E-state index in [9.17, 15) is 9.59 Å². The van der Waals surface area contributed by atoms with Gasteiger partial charge in [-0.3, -0.25) is 4.79 Å². The average Bonchev–Trinajstić information content (AvgIpc) is 3.25. The van der Waals surface area contributed by atoms with Crippen molar-refractivity contribution in [3.05, 3.63) is 58.9 Å². The summed E-state index contributed by atoms with van der Waals surface area (Å²) in [4.78, 5) is 32.4. The normalized spacial score (nSPS) is 15.7. The molecule has 0 fully saturated rings. The molecule has 2 aromatic heterocycles. The fourth-order valence-corrected chi connectivity index (χ4v) is 4.49. The van der Waals surface area contributed by atoms with Gasteiger partial charge in [-0.25, -0.2) is 14.5 Å². The van der Waals surface area contributed by atoms with E-state index in [-0.39, 0.29) is 30.5 Å². The zero-order chi connectivity index (χ0) is 23.7. The number of hydrogen-bond donors (Lipinski definition) is 0. The maximum atomic E-state index is 13.1. The zero-order valence-electron chi connectivity index (χ0n) is 20.0. The molecule has 1 aromatic carbocycles. The first-order valence-corrected chi connectivity index (χ1v) is 11.7. The van der Waals surface area contributed by atoms with Gasteiger partial charge in [-0.05, 0) is 56.2 Å². The number of aryl methyl sites for hydroxylation is 1. The molecule has 1 atom stereocenters. The van der Waals surface area contributed by atoms with Gasteiger partial charge in [-0.2, -0.15) is 5.10 Å². The Morgan fingerprint density at radius 1 is 1.21 bits per heavy atom. The van der Waals surface area contributed by atoms with Crippen molar-refractivity contribution in [3.8, 4) is 0 Å². The fraction of sp³-hybridized carbons (Fsp3) is 0.462. The van der Waals surface area contributed by atoms with E-state index in [1.165, 1.54) is 11.1 Å². The third-order valence-electron chi connectivity index (χ3n) is 6.41. The molecule has 0 aliphatic heterocycles. The maximum Gasteiger partial charge on any atom is 0.339 e. The maximum absolute atomic E-state index is 13.1. The van der Waals surface area contributed by atoms with Crippen LogP contribution in [0.1, 0.15) is 85.7 Å². The smallest absolute Gasteiger partial charge is 0.339 e. The Labute approximate surface area is 194 Å². The molecule has 1 aliphatic rings. The summed E-state index contributed by atoms with van der Waals surface area (Å²) in [5.74, 6) is -0.605. The van der Waals surface area contributed by atoms with Crippen molar-refractivity contribution in [2.75, 3.05) is 13.7 Å². The van der Waals surface area contributed by atoms with Crippen LogP contribution >= 0.6 is 0 Å². The second kappa shape index (κ2) is 9.33. The van der Waals surface area contributed by atoms with E-state index in [1.807, 2.05) is 39.8 Å². The summed E-state index contributed by atoms with van der Waals surface area (Å²) in [5, 5.41) is 5.05. The lowest BCUT2D eigenvalue weighted by Crippen LogP contribution is -2.36. The van der Waals surface area contributed by atoms with Crippen LogP contribution in [0.2, 0.25) is 0 Å². The SMILES string of the molecule is CC(C)c1cc(C(=O)OCC(=O)N(C)C2CCCc3ccccc32)c2cnn(C(C)C)c2n1. The fourth-order valence-electron chi connectivity index (χ4n) is 4.49. The number of carbonyl (C=O) groups is 2. The molecule has 3 aromatic rings. The van der Waals surface area contributed by atoms with Gasteiger partial charge in [0.05, 0.1) is 23.2 Å². The van der Waals surface area contributed by atoms with Crippen molar-refractivity contribution in [1.29, 1.82) is 0 Å². The lowest BCUT2D eigenvalue weighted by molar-refractivity contribution is -0.135. The molecule has 0 N–H and O–H groups in total. The summed E-state index contributed by atoms with van der Waals surface area (Å²) in [5.41, 5.74) is 4.32. The van der Waals surface area contributed by atoms with Gasteiger partial charge in [0.15, 0.2) is 12.3 Å². The molecule has 1 unspecified atom stereocenters. The first-order chi connectivity index (χ1) is 15.8. The third kappa shape index (κ3) is 4.49. The van der Waals surface area contributed by atoms with Crippen molar-refractivity contribution < 1.29 is 14.3 Å². The van der Waals surface area contributed by atoms with Gasteiger partial charge >= 0.3 is 5.97 Å². The van der Waals surface area contributed by atoms with Gasteiger partial charge in [0.25, 0.3) is 5.91 Å². The van der Waals surface area contributed by atoms with Crippen molar-refractivity contribution in [3.63, 3.8) is 0 Å². The molecule has 0 saturated heterocycles.